The number of piperidine rings is 1. The first-order valence-corrected chi connectivity index (χ1v) is 8.32. The fourth-order valence-electron chi connectivity index (χ4n) is 3.10. The first-order chi connectivity index (χ1) is 11.8. The van der Waals surface area contributed by atoms with Crippen LogP contribution in [-0.2, 0) is 11.3 Å². The number of carbonyl (C=O) groups is 1. The number of nitrogens with zero attached hydrogens (tertiary/aromatic N) is 2. The van der Waals surface area contributed by atoms with Crippen LogP contribution in [0.2, 0.25) is 0 Å². The Morgan fingerprint density at radius 3 is 2.96 bits per heavy atom. The lowest BCUT2D eigenvalue weighted by atomic mass is 9.96. The van der Waals surface area contributed by atoms with Crippen molar-refractivity contribution in [2.75, 3.05) is 25.1 Å². The zero-order valence-corrected chi connectivity index (χ0v) is 13.9. The molecule has 1 unspecified atom stereocenters. The number of benzene rings is 1. The lowest BCUT2D eigenvalue weighted by molar-refractivity contribution is -0.125. The molecule has 1 aromatic carbocycles. The summed E-state index contributed by atoms with van der Waals surface area (Å²) in [6.45, 7) is 2.28. The number of pyridine rings is 1. The highest BCUT2D eigenvalue weighted by Crippen LogP contribution is 2.22. The highest BCUT2D eigenvalue weighted by Gasteiger charge is 2.25. The molecule has 2 heterocycles. The molecule has 1 aromatic heterocycles. The molecule has 126 valence electrons. The van der Waals surface area contributed by atoms with E-state index < -0.39 is 0 Å². The molecule has 1 N–H and O–H groups in total. The molecular formula is C19H23N3O2. The fraction of sp³-hybridized carbons (Fsp3) is 0.368. The van der Waals surface area contributed by atoms with Crippen LogP contribution in [0.4, 0.5) is 5.69 Å². The molecule has 1 aliphatic rings. The van der Waals surface area contributed by atoms with Gasteiger partial charge in [0.2, 0.25) is 5.91 Å². The van der Waals surface area contributed by atoms with E-state index in [2.05, 4.69) is 15.2 Å². The van der Waals surface area contributed by atoms with Gasteiger partial charge in [-0.25, -0.2) is 0 Å². The summed E-state index contributed by atoms with van der Waals surface area (Å²) in [7, 11) is 1.65. The summed E-state index contributed by atoms with van der Waals surface area (Å²) in [4.78, 5) is 18.8. The largest absolute Gasteiger partial charge is 0.497 e. The minimum Gasteiger partial charge on any atom is -0.497 e. The summed E-state index contributed by atoms with van der Waals surface area (Å²) in [5.74, 6) is 0.956. The molecule has 0 aliphatic carbocycles. The summed E-state index contributed by atoms with van der Waals surface area (Å²) >= 11 is 0. The molecule has 0 spiro atoms. The number of hydrogen-bond acceptors (Lipinski definition) is 4. The van der Waals surface area contributed by atoms with Gasteiger partial charge in [-0.15, -0.1) is 0 Å². The van der Waals surface area contributed by atoms with Gasteiger partial charge in [0.1, 0.15) is 5.75 Å². The molecule has 2 aromatic rings. The van der Waals surface area contributed by atoms with E-state index in [-0.39, 0.29) is 11.8 Å². The third-order valence-electron chi connectivity index (χ3n) is 4.42. The van der Waals surface area contributed by atoms with Gasteiger partial charge < -0.3 is 15.0 Å². The number of methoxy groups -OCH3 is 1. The topological polar surface area (TPSA) is 54.5 Å². The van der Waals surface area contributed by atoms with Crippen LogP contribution >= 0.6 is 0 Å². The SMILES string of the molecule is COc1cccc(CNC(=O)C2CCCN(c3ccncc3)C2)c1. The van der Waals surface area contributed by atoms with Gasteiger partial charge in [-0.3, -0.25) is 9.78 Å². The first-order valence-electron chi connectivity index (χ1n) is 8.32. The van der Waals surface area contributed by atoms with Crippen LogP contribution in [-0.4, -0.2) is 31.1 Å². The molecule has 5 heteroatoms. The number of carbonyl (C=O) groups excluding carboxylic acids is 1. The normalized spacial score (nSPS) is 17.4. The predicted octanol–water partition coefficient (Wildman–Crippen LogP) is 2.62. The Hall–Kier alpha value is -2.56. The highest BCUT2D eigenvalue weighted by molar-refractivity contribution is 5.79. The van der Waals surface area contributed by atoms with Crippen molar-refractivity contribution in [2.45, 2.75) is 19.4 Å². The van der Waals surface area contributed by atoms with E-state index >= 15 is 0 Å². The Morgan fingerprint density at radius 1 is 1.33 bits per heavy atom. The Kier molecular flexibility index (Phi) is 5.31. The standard InChI is InChI=1S/C19H23N3O2/c1-24-18-6-2-4-15(12-18)13-21-19(23)16-5-3-11-22(14-16)17-7-9-20-10-8-17/h2,4,6-10,12,16H,3,5,11,13-14H2,1H3,(H,21,23). The van der Waals surface area contributed by atoms with Crippen LogP contribution in [0.3, 0.4) is 0 Å². The van der Waals surface area contributed by atoms with Crippen molar-refractivity contribution in [3.8, 4) is 5.75 Å². The Balaban J connectivity index is 1.56. The molecule has 0 saturated carbocycles. The van der Waals surface area contributed by atoms with Gasteiger partial charge in [-0.2, -0.15) is 0 Å². The van der Waals surface area contributed by atoms with Crippen molar-refractivity contribution in [1.29, 1.82) is 0 Å². The van der Waals surface area contributed by atoms with E-state index in [1.54, 1.807) is 19.5 Å². The lowest BCUT2D eigenvalue weighted by Gasteiger charge is -2.33. The lowest BCUT2D eigenvalue weighted by Crippen LogP contribution is -2.43. The Morgan fingerprint density at radius 2 is 2.17 bits per heavy atom. The molecule has 0 radical (unpaired) electrons. The summed E-state index contributed by atoms with van der Waals surface area (Å²) in [6.07, 6.45) is 5.55. The molecular weight excluding hydrogens is 302 g/mol. The van der Waals surface area contributed by atoms with Crippen molar-refractivity contribution >= 4 is 11.6 Å². The van der Waals surface area contributed by atoms with E-state index in [1.165, 1.54) is 0 Å². The molecule has 1 atom stereocenters. The number of anilines is 1. The number of rotatable bonds is 5. The van der Waals surface area contributed by atoms with Gasteiger partial charge in [-0.05, 0) is 42.7 Å². The average Bonchev–Trinajstić information content (AvgIpc) is 2.67. The van der Waals surface area contributed by atoms with E-state index in [1.807, 2.05) is 36.4 Å². The number of aromatic nitrogens is 1. The van der Waals surface area contributed by atoms with Gasteiger partial charge in [0, 0.05) is 37.7 Å². The Labute approximate surface area is 142 Å². The van der Waals surface area contributed by atoms with Crippen LogP contribution in [0.25, 0.3) is 0 Å². The summed E-state index contributed by atoms with van der Waals surface area (Å²) in [5, 5.41) is 3.06. The van der Waals surface area contributed by atoms with E-state index in [9.17, 15) is 4.79 Å². The van der Waals surface area contributed by atoms with E-state index in [0.717, 1.165) is 42.9 Å². The third-order valence-corrected chi connectivity index (χ3v) is 4.42. The fourth-order valence-corrected chi connectivity index (χ4v) is 3.10. The second kappa shape index (κ2) is 7.81. The van der Waals surface area contributed by atoms with Crippen LogP contribution in [0.15, 0.2) is 48.8 Å². The smallest absolute Gasteiger partial charge is 0.225 e. The summed E-state index contributed by atoms with van der Waals surface area (Å²) < 4.78 is 5.22. The predicted molar refractivity (Wildman–Crippen MR) is 94.0 cm³/mol. The van der Waals surface area contributed by atoms with Gasteiger partial charge in [-0.1, -0.05) is 12.1 Å². The number of amides is 1. The number of nitrogens with one attached hydrogen (secondary N) is 1. The molecule has 1 fully saturated rings. The average molecular weight is 325 g/mol. The molecule has 1 aliphatic heterocycles. The monoisotopic (exact) mass is 325 g/mol. The highest BCUT2D eigenvalue weighted by atomic mass is 16.5. The molecule has 1 saturated heterocycles. The van der Waals surface area contributed by atoms with Crippen molar-refractivity contribution in [3.05, 3.63) is 54.4 Å². The third kappa shape index (κ3) is 4.04. The molecule has 5 nitrogen and oxygen atoms in total. The van der Waals surface area contributed by atoms with Crippen molar-refractivity contribution in [2.24, 2.45) is 5.92 Å². The first kappa shape index (κ1) is 16.3. The Bertz CT molecular complexity index is 675. The second-order valence-corrected chi connectivity index (χ2v) is 6.06. The maximum absolute atomic E-state index is 12.5. The van der Waals surface area contributed by atoms with Gasteiger partial charge in [0.05, 0.1) is 13.0 Å². The molecule has 0 bridgehead atoms. The number of hydrogen-bond donors (Lipinski definition) is 1. The molecule has 24 heavy (non-hydrogen) atoms. The molecule has 1 amide bonds. The van der Waals surface area contributed by atoms with Gasteiger partial charge >= 0.3 is 0 Å². The van der Waals surface area contributed by atoms with Gasteiger partial charge in [0.15, 0.2) is 0 Å². The quantitative estimate of drug-likeness (QED) is 0.918. The van der Waals surface area contributed by atoms with E-state index in [4.69, 9.17) is 4.74 Å². The van der Waals surface area contributed by atoms with Crippen molar-refractivity contribution in [1.82, 2.24) is 10.3 Å². The van der Waals surface area contributed by atoms with Crippen molar-refractivity contribution in [3.63, 3.8) is 0 Å². The van der Waals surface area contributed by atoms with Crippen LogP contribution in [0, 0.1) is 5.92 Å². The van der Waals surface area contributed by atoms with Crippen molar-refractivity contribution < 1.29 is 9.53 Å². The van der Waals surface area contributed by atoms with Gasteiger partial charge in [0.25, 0.3) is 0 Å². The van der Waals surface area contributed by atoms with E-state index in [0.29, 0.717) is 6.54 Å². The maximum Gasteiger partial charge on any atom is 0.225 e. The zero-order valence-electron chi connectivity index (χ0n) is 13.9. The van der Waals surface area contributed by atoms with Crippen LogP contribution < -0.4 is 15.0 Å². The summed E-state index contributed by atoms with van der Waals surface area (Å²) in [6, 6.07) is 11.8. The molecule has 3 rings (SSSR count). The van der Waals surface area contributed by atoms with Crippen LogP contribution in [0.1, 0.15) is 18.4 Å². The number of ether oxygens (including phenoxy) is 1. The minimum absolute atomic E-state index is 0.0255. The maximum atomic E-state index is 12.5. The zero-order chi connectivity index (χ0) is 16.8. The summed E-state index contributed by atoms with van der Waals surface area (Å²) in [5.41, 5.74) is 2.18. The second-order valence-electron chi connectivity index (χ2n) is 6.06. The minimum atomic E-state index is 0.0255. The van der Waals surface area contributed by atoms with Crippen LogP contribution in [0.5, 0.6) is 5.75 Å².